The van der Waals surface area contributed by atoms with E-state index in [-0.39, 0.29) is 5.75 Å². The Morgan fingerprint density at radius 3 is 2.85 bits per heavy atom. The summed E-state index contributed by atoms with van der Waals surface area (Å²) in [5.74, 6) is 2.58. The maximum atomic E-state index is 10.3. The molecule has 0 spiro atoms. The quantitative estimate of drug-likeness (QED) is 0.404. The molecule has 3 heteroatoms. The van der Waals surface area contributed by atoms with Crippen molar-refractivity contribution in [3.05, 3.63) is 29.3 Å². The van der Waals surface area contributed by atoms with Crippen LogP contribution in [0, 0.1) is 19.3 Å². The Kier molecular flexibility index (Phi) is 2.56. The summed E-state index contributed by atoms with van der Waals surface area (Å²) in [4.78, 5) is 10.3. The third-order valence-electron chi connectivity index (χ3n) is 1.58. The highest BCUT2D eigenvalue weighted by molar-refractivity contribution is 5.64. The van der Waals surface area contributed by atoms with Gasteiger partial charge in [0, 0.05) is 0 Å². The Balaban J connectivity index is 3.14. The van der Waals surface area contributed by atoms with Crippen molar-refractivity contribution >= 4 is 6.16 Å². The molecule has 1 aromatic rings. The average Bonchev–Trinajstić information content (AvgIpc) is 2.03. The van der Waals surface area contributed by atoms with Crippen LogP contribution < -0.4 is 4.74 Å². The smallest absolute Gasteiger partial charge is 0.449 e. The summed E-state index contributed by atoms with van der Waals surface area (Å²) in [6.07, 6.45) is 3.85. The van der Waals surface area contributed by atoms with E-state index in [9.17, 15) is 4.79 Å². The van der Waals surface area contributed by atoms with E-state index in [1.165, 1.54) is 6.07 Å². The van der Waals surface area contributed by atoms with Gasteiger partial charge in [0.1, 0.15) is 5.75 Å². The number of hydrogen-bond acceptors (Lipinski definition) is 2. The van der Waals surface area contributed by atoms with E-state index in [1.807, 2.05) is 0 Å². The molecule has 0 aliphatic heterocycles. The second kappa shape index (κ2) is 3.63. The Labute approximate surface area is 76.0 Å². The molecule has 0 saturated heterocycles. The summed E-state index contributed by atoms with van der Waals surface area (Å²) in [7, 11) is 0. The van der Waals surface area contributed by atoms with Crippen LogP contribution in [0.2, 0.25) is 0 Å². The van der Waals surface area contributed by atoms with Crippen molar-refractivity contribution in [1.82, 2.24) is 0 Å². The second-order valence-corrected chi connectivity index (χ2v) is 2.46. The van der Waals surface area contributed by atoms with Gasteiger partial charge >= 0.3 is 6.16 Å². The molecule has 0 fully saturated rings. The summed E-state index contributed by atoms with van der Waals surface area (Å²) in [5.41, 5.74) is 1.30. The first-order valence-electron chi connectivity index (χ1n) is 3.62. The summed E-state index contributed by atoms with van der Waals surface area (Å²) in [6.45, 7) is 1.80. The first-order chi connectivity index (χ1) is 6.15. The molecule has 0 unspecified atom stereocenters. The molecule has 1 N–H and O–H groups in total. The van der Waals surface area contributed by atoms with E-state index >= 15 is 0 Å². The fourth-order valence-electron chi connectivity index (χ4n) is 1.00. The second-order valence-electron chi connectivity index (χ2n) is 2.46. The summed E-state index contributed by atoms with van der Waals surface area (Å²) >= 11 is 0. The fraction of sp³-hybridized carbons (Fsp3) is 0.100. The fourth-order valence-corrected chi connectivity index (χ4v) is 1.00. The van der Waals surface area contributed by atoms with Crippen molar-refractivity contribution < 1.29 is 14.6 Å². The van der Waals surface area contributed by atoms with Crippen LogP contribution in [-0.4, -0.2) is 11.3 Å². The SMILES string of the molecule is C#Cc1c(C)cccc1OC(=O)O. The van der Waals surface area contributed by atoms with E-state index in [2.05, 4.69) is 10.7 Å². The molecule has 0 saturated carbocycles. The topological polar surface area (TPSA) is 46.5 Å². The lowest BCUT2D eigenvalue weighted by Gasteiger charge is -2.04. The first-order valence-corrected chi connectivity index (χ1v) is 3.62. The largest absolute Gasteiger partial charge is 0.511 e. The van der Waals surface area contributed by atoms with Gasteiger partial charge < -0.3 is 9.84 Å². The van der Waals surface area contributed by atoms with E-state index in [0.29, 0.717) is 5.56 Å². The van der Waals surface area contributed by atoms with Crippen LogP contribution in [0.25, 0.3) is 0 Å². The predicted octanol–water partition coefficient (Wildman–Crippen LogP) is 2.03. The van der Waals surface area contributed by atoms with Crippen LogP contribution in [0.15, 0.2) is 18.2 Å². The first kappa shape index (κ1) is 9.14. The number of aryl methyl sites for hydroxylation is 1. The van der Waals surface area contributed by atoms with Gasteiger partial charge in [0.2, 0.25) is 0 Å². The zero-order chi connectivity index (χ0) is 9.84. The van der Waals surface area contributed by atoms with Crippen molar-refractivity contribution in [3.8, 4) is 18.1 Å². The molecule has 0 atom stereocenters. The Bertz CT molecular complexity index is 374. The van der Waals surface area contributed by atoms with E-state index < -0.39 is 6.16 Å². The predicted molar refractivity (Wildman–Crippen MR) is 47.8 cm³/mol. The van der Waals surface area contributed by atoms with Crippen LogP contribution in [-0.2, 0) is 0 Å². The summed E-state index contributed by atoms with van der Waals surface area (Å²) < 4.78 is 4.49. The highest BCUT2D eigenvalue weighted by Gasteiger charge is 2.07. The van der Waals surface area contributed by atoms with Crippen molar-refractivity contribution in [1.29, 1.82) is 0 Å². The van der Waals surface area contributed by atoms with Crippen LogP contribution in [0.1, 0.15) is 11.1 Å². The maximum absolute atomic E-state index is 10.3. The van der Waals surface area contributed by atoms with Gasteiger partial charge in [-0.3, -0.25) is 0 Å². The molecule has 0 aliphatic rings. The number of benzene rings is 1. The minimum absolute atomic E-state index is 0.204. The van der Waals surface area contributed by atoms with E-state index in [4.69, 9.17) is 11.5 Å². The lowest BCUT2D eigenvalue weighted by Crippen LogP contribution is -2.04. The lowest BCUT2D eigenvalue weighted by atomic mass is 10.1. The number of ether oxygens (including phenoxy) is 1. The monoisotopic (exact) mass is 176 g/mol. The Morgan fingerprint density at radius 1 is 1.62 bits per heavy atom. The van der Waals surface area contributed by atoms with Crippen LogP contribution in [0.4, 0.5) is 4.79 Å². The summed E-state index contributed by atoms with van der Waals surface area (Å²) in [5, 5.41) is 8.39. The molecule has 1 aromatic carbocycles. The van der Waals surface area contributed by atoms with E-state index in [1.54, 1.807) is 19.1 Å². The highest BCUT2D eigenvalue weighted by Crippen LogP contribution is 2.20. The minimum atomic E-state index is -1.36. The van der Waals surface area contributed by atoms with Crippen LogP contribution in [0.3, 0.4) is 0 Å². The molecule has 13 heavy (non-hydrogen) atoms. The molecular weight excluding hydrogens is 168 g/mol. The van der Waals surface area contributed by atoms with Gasteiger partial charge in [-0.1, -0.05) is 18.1 Å². The molecule has 0 aliphatic carbocycles. The highest BCUT2D eigenvalue weighted by atomic mass is 16.7. The van der Waals surface area contributed by atoms with Crippen molar-refractivity contribution in [2.45, 2.75) is 6.92 Å². The van der Waals surface area contributed by atoms with Gasteiger partial charge in [-0.25, -0.2) is 4.79 Å². The number of rotatable bonds is 1. The molecule has 66 valence electrons. The van der Waals surface area contributed by atoms with Crippen molar-refractivity contribution in [2.24, 2.45) is 0 Å². The number of terminal acetylenes is 1. The lowest BCUT2D eigenvalue weighted by molar-refractivity contribution is 0.144. The molecule has 0 bridgehead atoms. The van der Waals surface area contributed by atoms with Crippen molar-refractivity contribution in [3.63, 3.8) is 0 Å². The third-order valence-corrected chi connectivity index (χ3v) is 1.58. The zero-order valence-corrected chi connectivity index (χ0v) is 7.07. The van der Waals surface area contributed by atoms with Gasteiger partial charge in [-0.2, -0.15) is 0 Å². The average molecular weight is 176 g/mol. The van der Waals surface area contributed by atoms with Crippen LogP contribution >= 0.6 is 0 Å². The van der Waals surface area contributed by atoms with Gasteiger partial charge in [-0.15, -0.1) is 6.42 Å². The third kappa shape index (κ3) is 2.00. The molecular formula is C10H8O3. The van der Waals surface area contributed by atoms with Crippen molar-refractivity contribution in [2.75, 3.05) is 0 Å². The van der Waals surface area contributed by atoms with Gasteiger partial charge in [0.25, 0.3) is 0 Å². The number of carbonyl (C=O) groups is 1. The molecule has 0 heterocycles. The van der Waals surface area contributed by atoms with E-state index in [0.717, 1.165) is 5.56 Å². The standard InChI is InChI=1S/C10H8O3/c1-3-8-7(2)5-4-6-9(8)13-10(11)12/h1,4-6H,2H3,(H,11,12). The minimum Gasteiger partial charge on any atom is -0.449 e. The Hall–Kier alpha value is -1.95. The van der Waals surface area contributed by atoms with Gasteiger partial charge in [-0.05, 0) is 18.6 Å². The Morgan fingerprint density at radius 2 is 2.31 bits per heavy atom. The zero-order valence-electron chi connectivity index (χ0n) is 7.07. The van der Waals surface area contributed by atoms with Gasteiger partial charge in [0.05, 0.1) is 5.56 Å². The normalized spacial score (nSPS) is 8.92. The molecule has 0 aromatic heterocycles. The maximum Gasteiger partial charge on any atom is 0.511 e. The molecule has 1 rings (SSSR count). The van der Waals surface area contributed by atoms with Gasteiger partial charge in [0.15, 0.2) is 0 Å². The molecule has 0 amide bonds. The number of hydrogen-bond donors (Lipinski definition) is 1. The summed E-state index contributed by atoms with van der Waals surface area (Å²) in [6, 6.07) is 5.01. The number of carboxylic acid groups (broad SMARTS) is 1. The molecule has 0 radical (unpaired) electrons. The van der Waals surface area contributed by atoms with Crippen LogP contribution in [0.5, 0.6) is 5.75 Å². The molecule has 3 nitrogen and oxygen atoms in total.